The Hall–Kier alpha value is -0.220. The van der Waals surface area contributed by atoms with E-state index in [-0.39, 0.29) is 0 Å². The SMILES string of the molecule is CC(O)C(=O)P(=O)(O)O. The summed E-state index contributed by atoms with van der Waals surface area (Å²) in [6.45, 7) is 1.00. The van der Waals surface area contributed by atoms with Crippen LogP contribution < -0.4 is 0 Å². The molecule has 0 aromatic heterocycles. The van der Waals surface area contributed by atoms with Crippen molar-refractivity contribution in [2.45, 2.75) is 13.0 Å². The van der Waals surface area contributed by atoms with Gasteiger partial charge in [0.15, 0.2) is 0 Å². The summed E-state index contributed by atoms with van der Waals surface area (Å²) in [5, 5.41) is 8.31. The largest absolute Gasteiger partial charge is 0.394 e. The fourth-order valence-electron chi connectivity index (χ4n) is 0.243. The molecule has 0 aromatic carbocycles. The Labute approximate surface area is 51.5 Å². The lowest BCUT2D eigenvalue weighted by molar-refractivity contribution is -0.120. The number of aliphatic hydroxyl groups excluding tert-OH is 1. The summed E-state index contributed by atoms with van der Waals surface area (Å²) in [6.07, 6.45) is -1.59. The minimum atomic E-state index is -4.70. The van der Waals surface area contributed by atoms with Gasteiger partial charge in [0.05, 0.1) is 0 Å². The van der Waals surface area contributed by atoms with Gasteiger partial charge >= 0.3 is 7.60 Å². The highest BCUT2D eigenvalue weighted by Gasteiger charge is 2.29. The first-order valence-electron chi connectivity index (χ1n) is 2.13. The number of rotatable bonds is 2. The highest BCUT2D eigenvalue weighted by Crippen LogP contribution is 2.36. The van der Waals surface area contributed by atoms with Gasteiger partial charge in [-0.2, -0.15) is 0 Å². The second-order valence-corrected chi connectivity index (χ2v) is 3.09. The quantitative estimate of drug-likeness (QED) is 0.446. The van der Waals surface area contributed by atoms with Crippen LogP contribution in [0.1, 0.15) is 6.92 Å². The Morgan fingerprint density at radius 3 is 1.89 bits per heavy atom. The minimum absolute atomic E-state index is 1.00. The van der Waals surface area contributed by atoms with E-state index in [4.69, 9.17) is 14.9 Å². The summed E-state index contributed by atoms with van der Waals surface area (Å²) < 4.78 is 9.96. The van der Waals surface area contributed by atoms with Gasteiger partial charge in [-0.3, -0.25) is 9.36 Å². The van der Waals surface area contributed by atoms with Crippen LogP contribution in [0.15, 0.2) is 0 Å². The number of carbonyl (C=O) groups is 1. The summed E-state index contributed by atoms with van der Waals surface area (Å²) in [5.74, 6) is 0. The van der Waals surface area contributed by atoms with E-state index in [0.29, 0.717) is 0 Å². The van der Waals surface area contributed by atoms with E-state index in [9.17, 15) is 9.36 Å². The van der Waals surface area contributed by atoms with Crippen molar-refractivity contribution in [3.8, 4) is 0 Å². The van der Waals surface area contributed by atoms with E-state index in [1.54, 1.807) is 0 Å². The molecule has 0 aliphatic heterocycles. The smallest absolute Gasteiger partial charge is 0.385 e. The number of hydrogen-bond donors (Lipinski definition) is 3. The van der Waals surface area contributed by atoms with E-state index in [1.807, 2.05) is 0 Å². The summed E-state index contributed by atoms with van der Waals surface area (Å²) in [6, 6.07) is 0. The van der Waals surface area contributed by atoms with Crippen LogP contribution in [0.5, 0.6) is 0 Å². The van der Waals surface area contributed by atoms with E-state index >= 15 is 0 Å². The van der Waals surface area contributed by atoms with E-state index in [2.05, 4.69) is 0 Å². The predicted octanol–water partition coefficient (Wildman–Crippen LogP) is -0.929. The Morgan fingerprint density at radius 1 is 1.56 bits per heavy atom. The van der Waals surface area contributed by atoms with E-state index < -0.39 is 19.2 Å². The Balaban J connectivity index is 4.24. The molecule has 54 valence electrons. The molecule has 0 rings (SSSR count). The topological polar surface area (TPSA) is 94.8 Å². The fourth-order valence-corrected chi connectivity index (χ4v) is 0.730. The number of carbonyl (C=O) groups excluding carboxylic acids is 1. The van der Waals surface area contributed by atoms with Crippen molar-refractivity contribution in [2.75, 3.05) is 0 Å². The number of aliphatic hydroxyl groups is 1. The molecule has 5 nitrogen and oxygen atoms in total. The molecule has 0 saturated heterocycles. The zero-order valence-corrected chi connectivity index (χ0v) is 5.58. The average Bonchev–Trinajstić information content (AvgIpc) is 1.62. The molecule has 0 aromatic rings. The molecule has 0 bridgehead atoms. The first-order valence-corrected chi connectivity index (χ1v) is 3.75. The van der Waals surface area contributed by atoms with Gasteiger partial charge in [-0.15, -0.1) is 0 Å². The van der Waals surface area contributed by atoms with Crippen molar-refractivity contribution in [1.82, 2.24) is 0 Å². The molecule has 9 heavy (non-hydrogen) atoms. The van der Waals surface area contributed by atoms with Gasteiger partial charge in [-0.05, 0) is 6.92 Å². The lowest BCUT2D eigenvalue weighted by atomic mass is 10.5. The fraction of sp³-hybridized carbons (Fsp3) is 0.667. The molecule has 0 saturated carbocycles. The standard InChI is InChI=1S/C3H7O5P/c1-2(4)3(5)9(6,7)8/h2,4H,1H3,(H2,6,7,8). The molecule has 1 unspecified atom stereocenters. The van der Waals surface area contributed by atoms with Gasteiger partial charge in [0.2, 0.25) is 0 Å². The van der Waals surface area contributed by atoms with Crippen molar-refractivity contribution >= 4 is 13.1 Å². The van der Waals surface area contributed by atoms with Crippen LogP contribution in [0.25, 0.3) is 0 Å². The highest BCUT2D eigenvalue weighted by molar-refractivity contribution is 7.70. The lowest BCUT2D eigenvalue weighted by Gasteiger charge is -2.02. The summed E-state index contributed by atoms with van der Waals surface area (Å²) in [5.41, 5.74) is -1.44. The predicted molar refractivity (Wildman–Crippen MR) is 28.7 cm³/mol. The van der Waals surface area contributed by atoms with E-state index in [0.717, 1.165) is 6.92 Å². The monoisotopic (exact) mass is 154 g/mol. The van der Waals surface area contributed by atoms with Crippen LogP contribution in [0, 0.1) is 0 Å². The zero-order chi connectivity index (χ0) is 7.65. The normalized spacial score (nSPS) is 15.1. The molecule has 0 heterocycles. The third kappa shape index (κ3) is 2.72. The maximum Gasteiger partial charge on any atom is 0.394 e. The molecule has 0 aliphatic rings. The second-order valence-electron chi connectivity index (χ2n) is 1.56. The maximum atomic E-state index is 10.2. The average molecular weight is 154 g/mol. The molecule has 6 heteroatoms. The molecule has 0 fully saturated rings. The summed E-state index contributed by atoms with van der Waals surface area (Å²) in [4.78, 5) is 26.3. The molecular formula is C3H7O5P. The van der Waals surface area contributed by atoms with Gasteiger partial charge in [-0.25, -0.2) is 0 Å². The molecule has 0 aliphatic carbocycles. The molecule has 0 radical (unpaired) electrons. The molecule has 0 spiro atoms. The van der Waals surface area contributed by atoms with Crippen molar-refractivity contribution in [1.29, 1.82) is 0 Å². The van der Waals surface area contributed by atoms with Gasteiger partial charge in [0.1, 0.15) is 6.10 Å². The third-order valence-electron chi connectivity index (χ3n) is 0.644. The minimum Gasteiger partial charge on any atom is -0.385 e. The molecule has 1 atom stereocenters. The van der Waals surface area contributed by atoms with Crippen molar-refractivity contribution < 1.29 is 24.3 Å². The second kappa shape index (κ2) is 2.58. The van der Waals surface area contributed by atoms with Crippen LogP contribution in [-0.4, -0.2) is 26.5 Å². The first-order chi connectivity index (χ1) is 3.85. The van der Waals surface area contributed by atoms with Gasteiger partial charge in [0.25, 0.3) is 5.52 Å². The van der Waals surface area contributed by atoms with Crippen molar-refractivity contribution in [3.05, 3.63) is 0 Å². The lowest BCUT2D eigenvalue weighted by Crippen LogP contribution is -2.15. The zero-order valence-electron chi connectivity index (χ0n) is 4.68. The van der Waals surface area contributed by atoms with Crippen LogP contribution in [-0.2, 0) is 9.36 Å². The Bertz CT molecular complexity index is 156. The number of hydrogen-bond acceptors (Lipinski definition) is 3. The highest BCUT2D eigenvalue weighted by atomic mass is 31.2. The van der Waals surface area contributed by atoms with Gasteiger partial charge < -0.3 is 14.9 Å². The van der Waals surface area contributed by atoms with Gasteiger partial charge in [-0.1, -0.05) is 0 Å². The van der Waals surface area contributed by atoms with Gasteiger partial charge in [0, 0.05) is 0 Å². The molecule has 0 amide bonds. The van der Waals surface area contributed by atoms with Crippen LogP contribution in [0.4, 0.5) is 0 Å². The Kier molecular flexibility index (Phi) is 2.51. The van der Waals surface area contributed by atoms with Crippen LogP contribution >= 0.6 is 7.60 Å². The van der Waals surface area contributed by atoms with Crippen LogP contribution in [0.3, 0.4) is 0 Å². The molecular weight excluding hydrogens is 147 g/mol. The Morgan fingerprint density at radius 2 is 1.89 bits per heavy atom. The first kappa shape index (κ1) is 8.78. The van der Waals surface area contributed by atoms with Crippen molar-refractivity contribution in [3.63, 3.8) is 0 Å². The summed E-state index contributed by atoms with van der Waals surface area (Å²) in [7, 11) is -4.70. The maximum absolute atomic E-state index is 10.2. The van der Waals surface area contributed by atoms with Crippen LogP contribution in [0.2, 0.25) is 0 Å². The van der Waals surface area contributed by atoms with Crippen molar-refractivity contribution in [2.24, 2.45) is 0 Å². The molecule has 3 N–H and O–H groups in total. The van der Waals surface area contributed by atoms with E-state index in [1.165, 1.54) is 0 Å². The third-order valence-corrected chi connectivity index (χ3v) is 1.59. The summed E-state index contributed by atoms with van der Waals surface area (Å²) >= 11 is 0.